The molecule has 3 rings (SSSR count). The van der Waals surface area contributed by atoms with Gasteiger partial charge in [-0.15, -0.1) is 0 Å². The van der Waals surface area contributed by atoms with E-state index >= 15 is 0 Å². The zero-order valence-corrected chi connectivity index (χ0v) is 16.0. The Morgan fingerprint density at radius 2 is 1.97 bits per heavy atom. The standard InChI is InChI=1S/C22H20O7/c1-3-27-18-8-4-14(10-20(18)26-2)5-9-21(24)28-13-15-11-22(25)29-19-12-16(23)6-7-17(15)19/h4-12,23H,3,13H2,1-2H3/b9-5+. The summed E-state index contributed by atoms with van der Waals surface area (Å²) in [5.41, 5.74) is 0.857. The highest BCUT2D eigenvalue weighted by molar-refractivity contribution is 5.87. The first kappa shape index (κ1) is 20.0. The average molecular weight is 396 g/mol. The predicted molar refractivity (Wildman–Crippen MR) is 107 cm³/mol. The first-order valence-corrected chi connectivity index (χ1v) is 8.91. The molecule has 7 nitrogen and oxygen atoms in total. The molecule has 1 aromatic heterocycles. The van der Waals surface area contributed by atoms with Crippen LogP contribution in [0.25, 0.3) is 17.0 Å². The normalized spacial score (nSPS) is 11.0. The molecule has 2 aromatic carbocycles. The van der Waals surface area contributed by atoms with E-state index in [4.69, 9.17) is 18.6 Å². The molecule has 0 saturated carbocycles. The fourth-order valence-corrected chi connectivity index (χ4v) is 2.76. The Hall–Kier alpha value is -3.74. The molecule has 0 radical (unpaired) electrons. The second-order valence-electron chi connectivity index (χ2n) is 6.06. The minimum absolute atomic E-state index is 0.0245. The second kappa shape index (κ2) is 8.97. The quantitative estimate of drug-likeness (QED) is 0.370. The minimum atomic E-state index is -0.592. The number of hydrogen-bond acceptors (Lipinski definition) is 7. The van der Waals surface area contributed by atoms with Gasteiger partial charge in [0.2, 0.25) is 0 Å². The molecule has 0 spiro atoms. The third kappa shape index (κ3) is 4.95. The summed E-state index contributed by atoms with van der Waals surface area (Å²) in [6, 6.07) is 11.0. The Morgan fingerprint density at radius 3 is 2.72 bits per heavy atom. The van der Waals surface area contributed by atoms with Crippen LogP contribution in [0.5, 0.6) is 17.2 Å². The van der Waals surface area contributed by atoms with Gasteiger partial charge in [-0.25, -0.2) is 9.59 Å². The summed E-state index contributed by atoms with van der Waals surface area (Å²) in [6.07, 6.45) is 2.88. The fourth-order valence-electron chi connectivity index (χ4n) is 2.76. The Balaban J connectivity index is 1.70. The maximum absolute atomic E-state index is 12.1. The van der Waals surface area contributed by atoms with E-state index in [1.165, 1.54) is 24.3 Å². The lowest BCUT2D eigenvalue weighted by Crippen LogP contribution is -2.05. The van der Waals surface area contributed by atoms with Gasteiger partial charge in [-0.05, 0) is 42.8 Å². The molecule has 3 aromatic rings. The van der Waals surface area contributed by atoms with E-state index < -0.39 is 11.6 Å². The molecule has 0 aliphatic rings. The SMILES string of the molecule is CCOc1ccc(/C=C/C(=O)OCc2cc(=O)oc3cc(O)ccc23)cc1OC. The molecule has 7 heteroatoms. The molecule has 150 valence electrons. The average Bonchev–Trinajstić information content (AvgIpc) is 2.70. The van der Waals surface area contributed by atoms with Crippen LogP contribution >= 0.6 is 0 Å². The van der Waals surface area contributed by atoms with Crippen molar-refractivity contribution in [3.63, 3.8) is 0 Å². The summed E-state index contributed by atoms with van der Waals surface area (Å²) in [4.78, 5) is 23.8. The molecular formula is C22H20O7. The van der Waals surface area contributed by atoms with Gasteiger partial charge in [0.05, 0.1) is 13.7 Å². The maximum Gasteiger partial charge on any atom is 0.336 e. The minimum Gasteiger partial charge on any atom is -0.508 e. The smallest absolute Gasteiger partial charge is 0.336 e. The van der Waals surface area contributed by atoms with E-state index in [9.17, 15) is 14.7 Å². The number of carbonyl (C=O) groups is 1. The zero-order valence-electron chi connectivity index (χ0n) is 16.0. The number of hydrogen-bond donors (Lipinski definition) is 1. The number of methoxy groups -OCH3 is 1. The van der Waals surface area contributed by atoms with E-state index in [1.54, 1.807) is 37.5 Å². The van der Waals surface area contributed by atoms with Crippen molar-refractivity contribution in [2.75, 3.05) is 13.7 Å². The number of phenols is 1. The van der Waals surface area contributed by atoms with Gasteiger partial charge in [-0.1, -0.05) is 6.07 Å². The van der Waals surface area contributed by atoms with Crippen LogP contribution in [0, 0.1) is 0 Å². The van der Waals surface area contributed by atoms with E-state index in [2.05, 4.69) is 0 Å². The molecule has 0 aliphatic heterocycles. The van der Waals surface area contributed by atoms with Crippen molar-refractivity contribution in [2.45, 2.75) is 13.5 Å². The maximum atomic E-state index is 12.1. The number of esters is 1. The largest absolute Gasteiger partial charge is 0.508 e. The van der Waals surface area contributed by atoms with Crippen molar-refractivity contribution in [1.82, 2.24) is 0 Å². The highest BCUT2D eigenvalue weighted by atomic mass is 16.5. The van der Waals surface area contributed by atoms with E-state index in [0.717, 1.165) is 5.56 Å². The Morgan fingerprint density at radius 1 is 1.14 bits per heavy atom. The van der Waals surface area contributed by atoms with Crippen molar-refractivity contribution in [3.8, 4) is 17.2 Å². The summed E-state index contributed by atoms with van der Waals surface area (Å²) >= 11 is 0. The van der Waals surface area contributed by atoms with Crippen LogP contribution in [0.3, 0.4) is 0 Å². The summed E-state index contributed by atoms with van der Waals surface area (Å²) in [5.74, 6) is 0.588. The lowest BCUT2D eigenvalue weighted by atomic mass is 10.1. The number of phenolic OH excluding ortho intramolecular Hbond substituents is 1. The number of ether oxygens (including phenoxy) is 3. The van der Waals surface area contributed by atoms with Crippen LogP contribution in [0.1, 0.15) is 18.1 Å². The Kier molecular flexibility index (Phi) is 6.19. The van der Waals surface area contributed by atoms with Gasteiger partial charge >= 0.3 is 11.6 Å². The van der Waals surface area contributed by atoms with Gasteiger partial charge in [0, 0.05) is 29.2 Å². The van der Waals surface area contributed by atoms with Crippen LogP contribution in [0.4, 0.5) is 0 Å². The molecule has 0 saturated heterocycles. The van der Waals surface area contributed by atoms with Crippen molar-refractivity contribution in [3.05, 3.63) is 70.1 Å². The lowest BCUT2D eigenvalue weighted by Gasteiger charge is -2.09. The monoisotopic (exact) mass is 396 g/mol. The second-order valence-corrected chi connectivity index (χ2v) is 6.06. The van der Waals surface area contributed by atoms with Crippen molar-refractivity contribution in [2.24, 2.45) is 0 Å². The first-order chi connectivity index (χ1) is 14.0. The lowest BCUT2D eigenvalue weighted by molar-refractivity contribution is -0.138. The van der Waals surface area contributed by atoms with Crippen LogP contribution < -0.4 is 15.1 Å². The molecular weight excluding hydrogens is 376 g/mol. The number of aromatic hydroxyl groups is 1. The van der Waals surface area contributed by atoms with Crippen LogP contribution in [0.2, 0.25) is 0 Å². The fraction of sp³-hybridized carbons (Fsp3) is 0.182. The Labute approximate surface area is 166 Å². The summed E-state index contributed by atoms with van der Waals surface area (Å²) in [6.45, 7) is 2.29. The molecule has 1 N–H and O–H groups in total. The number of benzene rings is 2. The summed E-state index contributed by atoms with van der Waals surface area (Å²) in [7, 11) is 1.54. The molecule has 0 aliphatic carbocycles. The molecule has 0 bridgehead atoms. The van der Waals surface area contributed by atoms with Crippen molar-refractivity contribution in [1.29, 1.82) is 0 Å². The van der Waals surface area contributed by atoms with Crippen LogP contribution in [-0.4, -0.2) is 24.8 Å². The van der Waals surface area contributed by atoms with Gasteiger partial charge in [0.1, 0.15) is 17.9 Å². The van der Waals surface area contributed by atoms with Crippen LogP contribution in [-0.2, 0) is 16.1 Å². The predicted octanol–water partition coefficient (Wildman–Crippen LogP) is 3.66. The summed E-state index contributed by atoms with van der Waals surface area (Å²) in [5, 5.41) is 10.1. The van der Waals surface area contributed by atoms with Gasteiger partial charge in [-0.2, -0.15) is 0 Å². The molecule has 29 heavy (non-hydrogen) atoms. The number of rotatable bonds is 7. The highest BCUT2D eigenvalue weighted by Gasteiger charge is 2.09. The van der Waals surface area contributed by atoms with Crippen molar-refractivity contribution >= 4 is 23.0 Å². The first-order valence-electron chi connectivity index (χ1n) is 8.91. The molecule has 1 heterocycles. The van der Waals surface area contributed by atoms with Gasteiger partial charge < -0.3 is 23.7 Å². The zero-order chi connectivity index (χ0) is 20.8. The van der Waals surface area contributed by atoms with Crippen molar-refractivity contribution < 1.29 is 28.5 Å². The third-order valence-electron chi connectivity index (χ3n) is 4.08. The van der Waals surface area contributed by atoms with Crippen LogP contribution in [0.15, 0.2) is 57.8 Å². The topological polar surface area (TPSA) is 95.2 Å². The summed E-state index contributed by atoms with van der Waals surface area (Å²) < 4.78 is 21.0. The van der Waals surface area contributed by atoms with Gasteiger partial charge in [0.25, 0.3) is 0 Å². The van der Waals surface area contributed by atoms with Gasteiger partial charge in [0.15, 0.2) is 11.5 Å². The number of fused-ring (bicyclic) bond motifs is 1. The molecule has 0 amide bonds. The molecule has 0 atom stereocenters. The molecule has 0 fully saturated rings. The number of carbonyl (C=O) groups excluding carboxylic acids is 1. The van der Waals surface area contributed by atoms with E-state index in [1.807, 2.05) is 6.92 Å². The third-order valence-corrected chi connectivity index (χ3v) is 4.08. The van der Waals surface area contributed by atoms with E-state index in [-0.39, 0.29) is 17.9 Å². The van der Waals surface area contributed by atoms with Gasteiger partial charge in [-0.3, -0.25) is 0 Å². The highest BCUT2D eigenvalue weighted by Crippen LogP contribution is 2.28. The Bertz CT molecular complexity index is 1110. The molecule has 0 unspecified atom stereocenters. The van der Waals surface area contributed by atoms with E-state index in [0.29, 0.717) is 29.1 Å².